The first-order valence-electron chi connectivity index (χ1n) is 8.78. The molecule has 1 amide bonds. The predicted octanol–water partition coefficient (Wildman–Crippen LogP) is 4.21. The van der Waals surface area contributed by atoms with E-state index in [0.29, 0.717) is 34.6 Å². The van der Waals surface area contributed by atoms with Crippen molar-refractivity contribution in [3.05, 3.63) is 68.7 Å². The summed E-state index contributed by atoms with van der Waals surface area (Å²) in [6, 6.07) is 13.0. The van der Waals surface area contributed by atoms with E-state index in [1.165, 1.54) is 0 Å². The first-order valence-corrected chi connectivity index (χ1v) is 9.92. The largest absolute Gasteiger partial charge is 0.374 e. The number of benzene rings is 2. The van der Waals surface area contributed by atoms with Crippen LogP contribution in [-0.2, 0) is 22.5 Å². The van der Waals surface area contributed by atoms with Gasteiger partial charge in [0.2, 0.25) is 5.91 Å². The molecule has 4 nitrogen and oxygen atoms in total. The van der Waals surface area contributed by atoms with Gasteiger partial charge in [0.1, 0.15) is 0 Å². The summed E-state index contributed by atoms with van der Waals surface area (Å²) in [5.74, 6) is -0.0254. The number of carbonyl (C=O) groups is 1. The number of ether oxygens (including phenoxy) is 1. The zero-order valence-electron chi connectivity index (χ0n) is 14.8. The zero-order chi connectivity index (χ0) is 19.2. The van der Waals surface area contributed by atoms with Crippen LogP contribution in [0.25, 0.3) is 0 Å². The van der Waals surface area contributed by atoms with Crippen LogP contribution >= 0.6 is 34.8 Å². The number of halogens is 3. The second kappa shape index (κ2) is 9.76. The number of carbonyl (C=O) groups excluding carboxylic acids is 1. The van der Waals surface area contributed by atoms with Crippen LogP contribution < -0.4 is 5.32 Å². The molecule has 1 saturated heterocycles. The summed E-state index contributed by atoms with van der Waals surface area (Å²) in [6.45, 7) is 3.50. The SMILES string of the molecule is O=C(Cc1ccc(Cl)cc1)NCC1CN(Cc2ccc(Cl)c(Cl)c2)CCO1. The molecule has 1 heterocycles. The highest BCUT2D eigenvalue weighted by molar-refractivity contribution is 6.42. The monoisotopic (exact) mass is 426 g/mol. The Morgan fingerprint density at radius 2 is 1.81 bits per heavy atom. The Balaban J connectivity index is 1.45. The van der Waals surface area contributed by atoms with E-state index < -0.39 is 0 Å². The standard InChI is InChI=1S/C20H21Cl3N2O2/c21-16-4-1-14(2-5-16)10-20(26)24-11-17-13-25(7-8-27-17)12-15-3-6-18(22)19(23)9-15/h1-6,9,17H,7-8,10-13H2,(H,24,26). The fourth-order valence-electron chi connectivity index (χ4n) is 3.02. The van der Waals surface area contributed by atoms with E-state index in [2.05, 4.69) is 10.2 Å². The Morgan fingerprint density at radius 1 is 1.07 bits per heavy atom. The highest BCUT2D eigenvalue weighted by Crippen LogP contribution is 2.23. The van der Waals surface area contributed by atoms with Gasteiger partial charge in [-0.3, -0.25) is 9.69 Å². The maximum absolute atomic E-state index is 12.1. The Kier molecular flexibility index (Phi) is 7.39. The van der Waals surface area contributed by atoms with Crippen molar-refractivity contribution in [2.75, 3.05) is 26.2 Å². The molecule has 2 aromatic carbocycles. The molecule has 1 N–H and O–H groups in total. The minimum atomic E-state index is -0.0318. The number of amides is 1. The lowest BCUT2D eigenvalue weighted by Crippen LogP contribution is -2.47. The van der Waals surface area contributed by atoms with E-state index in [0.717, 1.165) is 30.8 Å². The molecule has 0 spiro atoms. The molecule has 0 saturated carbocycles. The van der Waals surface area contributed by atoms with Crippen molar-refractivity contribution in [2.24, 2.45) is 0 Å². The molecule has 0 aliphatic carbocycles. The molecule has 0 bridgehead atoms. The van der Waals surface area contributed by atoms with Crippen LogP contribution in [0.4, 0.5) is 0 Å². The fourth-order valence-corrected chi connectivity index (χ4v) is 3.47. The van der Waals surface area contributed by atoms with Crippen molar-refractivity contribution in [3.8, 4) is 0 Å². The molecule has 3 rings (SSSR count). The first kappa shape index (κ1) is 20.4. The lowest BCUT2D eigenvalue weighted by molar-refractivity contribution is -0.121. The van der Waals surface area contributed by atoms with Crippen LogP contribution in [0.2, 0.25) is 15.1 Å². The number of hydrogen-bond donors (Lipinski definition) is 1. The normalized spacial score (nSPS) is 17.7. The third kappa shape index (κ3) is 6.37. The molecular weight excluding hydrogens is 407 g/mol. The van der Waals surface area contributed by atoms with Gasteiger partial charge in [0, 0.05) is 31.2 Å². The summed E-state index contributed by atoms with van der Waals surface area (Å²) < 4.78 is 5.78. The van der Waals surface area contributed by atoms with Crippen LogP contribution in [0.15, 0.2) is 42.5 Å². The van der Waals surface area contributed by atoms with Crippen molar-refractivity contribution in [3.63, 3.8) is 0 Å². The lowest BCUT2D eigenvalue weighted by atomic mass is 10.1. The summed E-state index contributed by atoms with van der Waals surface area (Å²) in [7, 11) is 0. The van der Waals surface area contributed by atoms with Crippen LogP contribution in [0.1, 0.15) is 11.1 Å². The summed E-state index contributed by atoms with van der Waals surface area (Å²) in [4.78, 5) is 14.4. The Bertz CT molecular complexity index is 783. The van der Waals surface area contributed by atoms with Gasteiger partial charge < -0.3 is 10.1 Å². The number of rotatable bonds is 6. The molecule has 27 heavy (non-hydrogen) atoms. The summed E-state index contributed by atoms with van der Waals surface area (Å²) >= 11 is 17.9. The van der Waals surface area contributed by atoms with E-state index in [9.17, 15) is 4.79 Å². The highest BCUT2D eigenvalue weighted by Gasteiger charge is 2.21. The van der Waals surface area contributed by atoms with Crippen LogP contribution in [0.3, 0.4) is 0 Å². The van der Waals surface area contributed by atoms with E-state index in [1.807, 2.05) is 30.3 Å². The van der Waals surface area contributed by atoms with Crippen molar-refractivity contribution >= 4 is 40.7 Å². The Morgan fingerprint density at radius 3 is 2.56 bits per heavy atom. The fraction of sp³-hybridized carbons (Fsp3) is 0.350. The maximum atomic E-state index is 12.1. The number of nitrogens with zero attached hydrogens (tertiary/aromatic N) is 1. The molecule has 2 aromatic rings. The molecule has 0 radical (unpaired) electrons. The first-order chi connectivity index (χ1) is 13.0. The van der Waals surface area contributed by atoms with Crippen LogP contribution in [-0.4, -0.2) is 43.2 Å². The third-order valence-electron chi connectivity index (χ3n) is 4.42. The van der Waals surface area contributed by atoms with E-state index in [4.69, 9.17) is 39.5 Å². The quantitative estimate of drug-likeness (QED) is 0.751. The molecule has 1 unspecified atom stereocenters. The molecule has 1 aliphatic rings. The Hall–Kier alpha value is -1.30. The number of morpholine rings is 1. The molecule has 1 aliphatic heterocycles. The molecule has 0 aromatic heterocycles. The third-order valence-corrected chi connectivity index (χ3v) is 5.41. The molecule has 1 atom stereocenters. The van der Waals surface area contributed by atoms with Gasteiger partial charge in [0.25, 0.3) is 0 Å². The van der Waals surface area contributed by atoms with Crippen molar-refractivity contribution in [1.82, 2.24) is 10.2 Å². The van der Waals surface area contributed by atoms with Gasteiger partial charge in [-0.25, -0.2) is 0 Å². The van der Waals surface area contributed by atoms with Gasteiger partial charge in [-0.2, -0.15) is 0 Å². The second-order valence-corrected chi connectivity index (χ2v) is 7.83. The topological polar surface area (TPSA) is 41.6 Å². The zero-order valence-corrected chi connectivity index (χ0v) is 17.0. The smallest absolute Gasteiger partial charge is 0.224 e. The minimum absolute atomic E-state index is 0.0254. The van der Waals surface area contributed by atoms with E-state index in [1.54, 1.807) is 12.1 Å². The summed E-state index contributed by atoms with van der Waals surface area (Å²) in [5, 5.41) is 4.74. The number of nitrogens with one attached hydrogen (secondary N) is 1. The van der Waals surface area contributed by atoms with Gasteiger partial charge in [-0.1, -0.05) is 53.0 Å². The number of hydrogen-bond acceptors (Lipinski definition) is 3. The van der Waals surface area contributed by atoms with Crippen molar-refractivity contribution in [1.29, 1.82) is 0 Å². The van der Waals surface area contributed by atoms with Crippen LogP contribution in [0.5, 0.6) is 0 Å². The second-order valence-electron chi connectivity index (χ2n) is 6.58. The van der Waals surface area contributed by atoms with E-state index in [-0.39, 0.29) is 12.0 Å². The maximum Gasteiger partial charge on any atom is 0.224 e. The summed E-state index contributed by atoms with van der Waals surface area (Å²) in [6.07, 6.45) is 0.298. The predicted molar refractivity (Wildman–Crippen MR) is 110 cm³/mol. The van der Waals surface area contributed by atoms with Gasteiger partial charge in [0.15, 0.2) is 0 Å². The molecular formula is C20H21Cl3N2O2. The highest BCUT2D eigenvalue weighted by atomic mass is 35.5. The van der Waals surface area contributed by atoms with Crippen LogP contribution in [0, 0.1) is 0 Å². The minimum Gasteiger partial charge on any atom is -0.374 e. The van der Waals surface area contributed by atoms with Gasteiger partial charge in [0.05, 0.1) is 29.2 Å². The lowest BCUT2D eigenvalue weighted by Gasteiger charge is -2.33. The molecule has 7 heteroatoms. The summed E-state index contributed by atoms with van der Waals surface area (Å²) in [5.41, 5.74) is 2.04. The van der Waals surface area contributed by atoms with Gasteiger partial charge >= 0.3 is 0 Å². The average molecular weight is 428 g/mol. The Labute approximate surface area is 174 Å². The molecule has 144 valence electrons. The van der Waals surface area contributed by atoms with Crippen molar-refractivity contribution < 1.29 is 9.53 Å². The van der Waals surface area contributed by atoms with Gasteiger partial charge in [-0.05, 0) is 35.4 Å². The van der Waals surface area contributed by atoms with Crippen molar-refractivity contribution in [2.45, 2.75) is 19.1 Å². The molecule has 1 fully saturated rings. The van der Waals surface area contributed by atoms with E-state index >= 15 is 0 Å². The van der Waals surface area contributed by atoms with Gasteiger partial charge in [-0.15, -0.1) is 0 Å². The average Bonchev–Trinajstić information content (AvgIpc) is 2.65.